The van der Waals surface area contributed by atoms with Gasteiger partial charge in [0.25, 0.3) is 0 Å². The van der Waals surface area contributed by atoms with Gasteiger partial charge in [0.05, 0.1) is 12.5 Å². The second-order valence-electron chi connectivity index (χ2n) is 5.56. The van der Waals surface area contributed by atoms with Gasteiger partial charge < -0.3 is 10.4 Å². The second kappa shape index (κ2) is 6.41. The Balaban J connectivity index is 1.80. The molecule has 0 spiro atoms. The molecular formula is C17H19NO2S. The van der Waals surface area contributed by atoms with Crippen molar-refractivity contribution < 1.29 is 9.90 Å². The van der Waals surface area contributed by atoms with Crippen molar-refractivity contribution in [2.45, 2.75) is 31.3 Å². The van der Waals surface area contributed by atoms with Crippen molar-refractivity contribution in [3.05, 3.63) is 58.3 Å². The van der Waals surface area contributed by atoms with Crippen molar-refractivity contribution in [3.63, 3.8) is 0 Å². The van der Waals surface area contributed by atoms with Gasteiger partial charge in [-0.1, -0.05) is 36.4 Å². The molecule has 0 amide bonds. The van der Waals surface area contributed by atoms with E-state index in [1.165, 1.54) is 18.4 Å². The fraction of sp³-hybridized carbons (Fsp3) is 0.353. The number of aliphatic carboxylic acids is 1. The summed E-state index contributed by atoms with van der Waals surface area (Å²) in [7, 11) is 0. The zero-order valence-electron chi connectivity index (χ0n) is 11.7. The van der Waals surface area contributed by atoms with Gasteiger partial charge in [-0.25, -0.2) is 0 Å². The lowest BCUT2D eigenvalue weighted by Crippen LogP contribution is -2.29. The van der Waals surface area contributed by atoms with E-state index in [1.54, 1.807) is 11.3 Å². The number of carboxylic acid groups (broad SMARTS) is 1. The van der Waals surface area contributed by atoms with Crippen molar-refractivity contribution in [3.8, 4) is 0 Å². The lowest BCUT2D eigenvalue weighted by molar-refractivity contribution is -0.137. The first kappa shape index (κ1) is 14.3. The van der Waals surface area contributed by atoms with Crippen molar-refractivity contribution >= 4 is 17.3 Å². The van der Waals surface area contributed by atoms with Crippen LogP contribution in [-0.4, -0.2) is 11.1 Å². The van der Waals surface area contributed by atoms with Crippen LogP contribution in [0.15, 0.2) is 47.8 Å². The number of rotatable bonds is 7. The Hall–Kier alpha value is -1.65. The largest absolute Gasteiger partial charge is 0.481 e. The quantitative estimate of drug-likeness (QED) is 0.812. The van der Waals surface area contributed by atoms with Gasteiger partial charge in [-0.3, -0.25) is 4.79 Å². The Morgan fingerprint density at radius 1 is 1.24 bits per heavy atom. The average molecular weight is 301 g/mol. The first-order chi connectivity index (χ1) is 10.2. The molecule has 1 saturated carbocycles. The minimum absolute atomic E-state index is 0.117. The van der Waals surface area contributed by atoms with Gasteiger partial charge in [0.1, 0.15) is 0 Å². The van der Waals surface area contributed by atoms with E-state index >= 15 is 0 Å². The highest BCUT2D eigenvalue weighted by Gasteiger charge is 2.34. The van der Waals surface area contributed by atoms with Crippen LogP contribution in [0.4, 0.5) is 0 Å². The predicted molar refractivity (Wildman–Crippen MR) is 84.4 cm³/mol. The third kappa shape index (κ3) is 3.71. The van der Waals surface area contributed by atoms with Gasteiger partial charge in [-0.15, -0.1) is 11.3 Å². The number of hydrogen-bond acceptors (Lipinski definition) is 3. The normalized spacial score (nSPS) is 17.3. The molecule has 110 valence electrons. The first-order valence-corrected chi connectivity index (χ1v) is 8.18. The van der Waals surface area contributed by atoms with Crippen molar-refractivity contribution in [1.29, 1.82) is 0 Å². The molecule has 3 nitrogen and oxygen atoms in total. The number of carboxylic acids is 1. The maximum Gasteiger partial charge on any atom is 0.305 e. The second-order valence-corrected chi connectivity index (χ2v) is 6.54. The smallest absolute Gasteiger partial charge is 0.305 e. The topological polar surface area (TPSA) is 49.3 Å². The third-order valence-electron chi connectivity index (χ3n) is 3.90. The van der Waals surface area contributed by atoms with Crippen LogP contribution in [0.25, 0.3) is 0 Å². The molecule has 2 atom stereocenters. The van der Waals surface area contributed by atoms with Gasteiger partial charge in [-0.2, -0.15) is 0 Å². The molecule has 2 aromatic rings. The van der Waals surface area contributed by atoms with Gasteiger partial charge in [0, 0.05) is 10.9 Å². The van der Waals surface area contributed by atoms with Gasteiger partial charge in [0.15, 0.2) is 0 Å². The molecule has 1 heterocycles. The number of thiophene rings is 1. The Kier molecular flexibility index (Phi) is 4.36. The van der Waals surface area contributed by atoms with Crippen molar-refractivity contribution in [2.75, 3.05) is 0 Å². The maximum absolute atomic E-state index is 11.2. The van der Waals surface area contributed by atoms with Crippen LogP contribution in [0, 0.1) is 5.92 Å². The number of benzene rings is 1. The van der Waals surface area contributed by atoms with Gasteiger partial charge in [-0.05, 0) is 35.8 Å². The predicted octanol–water partition coefficient (Wildman–Crippen LogP) is 4.00. The molecule has 2 N–H and O–H groups in total. The molecule has 0 radical (unpaired) electrons. The van der Waals surface area contributed by atoms with Crippen LogP contribution in [-0.2, 0) is 4.79 Å². The Bertz CT molecular complexity index is 578. The van der Waals surface area contributed by atoms with Crippen LogP contribution >= 0.6 is 11.3 Å². The molecule has 1 aliphatic rings. The number of hydrogen-bond donors (Lipinski definition) is 2. The summed E-state index contributed by atoms with van der Waals surface area (Å²) in [6.45, 7) is 0. The molecule has 4 heteroatoms. The van der Waals surface area contributed by atoms with E-state index in [0.29, 0.717) is 5.92 Å². The van der Waals surface area contributed by atoms with Crippen molar-refractivity contribution in [1.82, 2.24) is 5.32 Å². The molecule has 21 heavy (non-hydrogen) atoms. The Labute approximate surface area is 128 Å². The van der Waals surface area contributed by atoms with Crippen LogP contribution in [0.1, 0.15) is 41.8 Å². The molecule has 1 fully saturated rings. The standard InChI is InChI=1S/C17H19NO2S/c19-16(20)11-14(15-7-4-10-21-15)18-17(13-8-9-13)12-5-2-1-3-6-12/h1-7,10,13-14,17-18H,8-9,11H2,(H,19,20). The molecule has 0 aliphatic heterocycles. The fourth-order valence-electron chi connectivity index (χ4n) is 2.72. The van der Waals surface area contributed by atoms with E-state index in [2.05, 4.69) is 17.4 Å². The zero-order chi connectivity index (χ0) is 14.7. The summed E-state index contributed by atoms with van der Waals surface area (Å²) in [5.74, 6) is -0.132. The minimum atomic E-state index is -0.761. The summed E-state index contributed by atoms with van der Waals surface area (Å²) < 4.78 is 0. The summed E-state index contributed by atoms with van der Waals surface area (Å²) in [4.78, 5) is 12.3. The van der Waals surface area contributed by atoms with Crippen LogP contribution in [0.3, 0.4) is 0 Å². The molecule has 3 rings (SSSR count). The van der Waals surface area contributed by atoms with E-state index < -0.39 is 5.97 Å². The minimum Gasteiger partial charge on any atom is -0.481 e. The lowest BCUT2D eigenvalue weighted by atomic mass is 10.00. The van der Waals surface area contributed by atoms with Crippen molar-refractivity contribution in [2.24, 2.45) is 5.92 Å². The summed E-state index contributed by atoms with van der Waals surface area (Å²) in [6, 6.07) is 14.5. The van der Waals surface area contributed by atoms with Crippen LogP contribution in [0.5, 0.6) is 0 Å². The fourth-order valence-corrected chi connectivity index (χ4v) is 3.50. The molecule has 1 aliphatic carbocycles. The highest BCUT2D eigenvalue weighted by atomic mass is 32.1. The van der Waals surface area contributed by atoms with E-state index in [0.717, 1.165) is 4.88 Å². The van der Waals surface area contributed by atoms with Crippen LogP contribution < -0.4 is 5.32 Å². The zero-order valence-corrected chi connectivity index (χ0v) is 12.6. The summed E-state index contributed by atoms with van der Waals surface area (Å²) in [6.07, 6.45) is 2.56. The monoisotopic (exact) mass is 301 g/mol. The Morgan fingerprint density at radius 3 is 2.57 bits per heavy atom. The SMILES string of the molecule is O=C(O)CC(NC(c1ccccc1)C1CC1)c1cccs1. The lowest BCUT2D eigenvalue weighted by Gasteiger charge is -2.25. The molecule has 1 aromatic carbocycles. The molecule has 0 bridgehead atoms. The molecule has 0 saturated heterocycles. The molecule has 2 unspecified atom stereocenters. The maximum atomic E-state index is 11.2. The summed E-state index contributed by atoms with van der Waals surface area (Å²) in [5.41, 5.74) is 1.26. The third-order valence-corrected chi connectivity index (χ3v) is 4.88. The summed E-state index contributed by atoms with van der Waals surface area (Å²) in [5, 5.41) is 14.8. The number of carbonyl (C=O) groups is 1. The molecule has 1 aromatic heterocycles. The average Bonchev–Trinajstić information content (AvgIpc) is 3.17. The highest BCUT2D eigenvalue weighted by molar-refractivity contribution is 7.10. The molecular weight excluding hydrogens is 282 g/mol. The van der Waals surface area contributed by atoms with Crippen LogP contribution in [0.2, 0.25) is 0 Å². The van der Waals surface area contributed by atoms with E-state index in [-0.39, 0.29) is 18.5 Å². The van der Waals surface area contributed by atoms with E-state index in [1.807, 2.05) is 35.7 Å². The van der Waals surface area contributed by atoms with Gasteiger partial charge >= 0.3 is 5.97 Å². The number of nitrogens with one attached hydrogen (secondary N) is 1. The highest BCUT2D eigenvalue weighted by Crippen LogP contribution is 2.42. The van der Waals surface area contributed by atoms with E-state index in [4.69, 9.17) is 0 Å². The van der Waals surface area contributed by atoms with Gasteiger partial charge in [0.2, 0.25) is 0 Å². The summed E-state index contributed by atoms with van der Waals surface area (Å²) >= 11 is 1.62. The Morgan fingerprint density at radius 2 is 2.00 bits per heavy atom. The first-order valence-electron chi connectivity index (χ1n) is 7.30. The van der Waals surface area contributed by atoms with E-state index in [9.17, 15) is 9.90 Å².